The maximum Gasteiger partial charge on any atom is 0.389 e. The lowest BCUT2D eigenvalue weighted by atomic mass is 9.73. The molecule has 1 rings (SSSR count). The monoisotopic (exact) mass is 225 g/mol. The molecule has 5 heteroatoms. The maximum absolute atomic E-state index is 12.1. The molecule has 1 fully saturated rings. The number of ether oxygens (including phenoxy) is 1. The average Bonchev–Trinajstić information content (AvgIpc) is 2.07. The van der Waals surface area contributed by atoms with Gasteiger partial charge in [-0.1, -0.05) is 0 Å². The van der Waals surface area contributed by atoms with E-state index in [0.717, 1.165) is 19.3 Å². The molecular formula is C10H18F3NO. The van der Waals surface area contributed by atoms with Crippen LogP contribution in [0.25, 0.3) is 0 Å². The Bertz CT molecular complexity index is 196. The first-order valence-corrected chi connectivity index (χ1v) is 5.23. The van der Waals surface area contributed by atoms with Gasteiger partial charge in [0.25, 0.3) is 0 Å². The number of alkyl halides is 3. The van der Waals surface area contributed by atoms with Gasteiger partial charge in [0.15, 0.2) is 0 Å². The number of hydrogen-bond acceptors (Lipinski definition) is 2. The molecule has 0 radical (unpaired) electrons. The van der Waals surface area contributed by atoms with Crippen molar-refractivity contribution in [3.63, 3.8) is 0 Å². The molecule has 1 saturated carbocycles. The Morgan fingerprint density at radius 3 is 2.27 bits per heavy atom. The van der Waals surface area contributed by atoms with Gasteiger partial charge in [-0.05, 0) is 32.7 Å². The van der Waals surface area contributed by atoms with E-state index in [1.165, 1.54) is 0 Å². The van der Waals surface area contributed by atoms with Gasteiger partial charge in [0, 0.05) is 19.6 Å². The van der Waals surface area contributed by atoms with E-state index in [4.69, 9.17) is 4.74 Å². The summed E-state index contributed by atoms with van der Waals surface area (Å²) in [6.45, 7) is 0. The smallest absolute Gasteiger partial charge is 0.377 e. The van der Waals surface area contributed by atoms with Crippen LogP contribution in [0, 0.1) is 0 Å². The van der Waals surface area contributed by atoms with E-state index in [9.17, 15) is 13.2 Å². The SMILES string of the molecule is CNC(CCC(F)(F)F)C1(OC)CCC1. The third kappa shape index (κ3) is 3.08. The summed E-state index contributed by atoms with van der Waals surface area (Å²) in [6, 6.07) is -0.196. The molecular weight excluding hydrogens is 207 g/mol. The first-order valence-electron chi connectivity index (χ1n) is 5.23. The van der Waals surface area contributed by atoms with Gasteiger partial charge >= 0.3 is 6.18 Å². The van der Waals surface area contributed by atoms with E-state index < -0.39 is 12.6 Å². The summed E-state index contributed by atoms with van der Waals surface area (Å²) in [4.78, 5) is 0. The first kappa shape index (κ1) is 12.8. The molecule has 0 amide bonds. The normalized spacial score (nSPS) is 22.2. The zero-order chi connectivity index (χ0) is 11.5. The molecule has 1 aliphatic rings. The fourth-order valence-electron chi connectivity index (χ4n) is 2.20. The van der Waals surface area contributed by atoms with Crippen LogP contribution in [-0.4, -0.2) is 32.0 Å². The molecule has 90 valence electrons. The van der Waals surface area contributed by atoms with Crippen molar-refractivity contribution in [2.75, 3.05) is 14.2 Å². The predicted octanol–water partition coefficient (Wildman–Crippen LogP) is 2.49. The van der Waals surface area contributed by atoms with Gasteiger partial charge in [0.2, 0.25) is 0 Å². The Labute approximate surface area is 88.2 Å². The molecule has 0 bridgehead atoms. The van der Waals surface area contributed by atoms with E-state index in [0.29, 0.717) is 0 Å². The molecule has 1 N–H and O–H groups in total. The van der Waals surface area contributed by atoms with Gasteiger partial charge in [-0.25, -0.2) is 0 Å². The van der Waals surface area contributed by atoms with E-state index in [1.54, 1.807) is 14.2 Å². The fraction of sp³-hybridized carbons (Fsp3) is 1.00. The molecule has 0 heterocycles. The lowest BCUT2D eigenvalue weighted by Crippen LogP contribution is -2.55. The van der Waals surface area contributed by atoms with Gasteiger partial charge in [0.1, 0.15) is 0 Å². The Hall–Kier alpha value is -0.290. The van der Waals surface area contributed by atoms with Crippen molar-refractivity contribution in [2.45, 2.75) is 49.9 Å². The third-order valence-electron chi connectivity index (χ3n) is 3.31. The van der Waals surface area contributed by atoms with Gasteiger partial charge in [-0.3, -0.25) is 0 Å². The van der Waals surface area contributed by atoms with E-state index >= 15 is 0 Å². The highest BCUT2D eigenvalue weighted by Crippen LogP contribution is 2.40. The van der Waals surface area contributed by atoms with Crippen molar-refractivity contribution in [3.05, 3.63) is 0 Å². The molecule has 0 saturated heterocycles. The molecule has 0 aromatic heterocycles. The van der Waals surface area contributed by atoms with Crippen molar-refractivity contribution in [3.8, 4) is 0 Å². The van der Waals surface area contributed by atoms with Crippen LogP contribution in [0.5, 0.6) is 0 Å². The molecule has 0 aromatic rings. The predicted molar refractivity (Wildman–Crippen MR) is 51.7 cm³/mol. The van der Waals surface area contributed by atoms with Crippen molar-refractivity contribution >= 4 is 0 Å². The van der Waals surface area contributed by atoms with E-state index in [-0.39, 0.29) is 18.1 Å². The molecule has 1 unspecified atom stereocenters. The quantitative estimate of drug-likeness (QED) is 0.776. The Morgan fingerprint density at radius 2 is 2.00 bits per heavy atom. The van der Waals surface area contributed by atoms with Crippen LogP contribution in [0.1, 0.15) is 32.1 Å². The molecule has 0 spiro atoms. The summed E-state index contributed by atoms with van der Waals surface area (Å²) >= 11 is 0. The second kappa shape index (κ2) is 4.70. The zero-order valence-electron chi connectivity index (χ0n) is 9.16. The summed E-state index contributed by atoms with van der Waals surface area (Å²) in [5.41, 5.74) is -0.361. The molecule has 2 nitrogen and oxygen atoms in total. The van der Waals surface area contributed by atoms with Crippen LogP contribution < -0.4 is 5.32 Å². The topological polar surface area (TPSA) is 21.3 Å². The van der Waals surface area contributed by atoms with Crippen LogP contribution in [0.4, 0.5) is 13.2 Å². The summed E-state index contributed by atoms with van der Waals surface area (Å²) in [5, 5.41) is 2.94. The van der Waals surface area contributed by atoms with Gasteiger partial charge < -0.3 is 10.1 Å². The lowest BCUT2D eigenvalue weighted by molar-refractivity contribution is -0.147. The van der Waals surface area contributed by atoms with Crippen LogP contribution in [-0.2, 0) is 4.74 Å². The third-order valence-corrected chi connectivity index (χ3v) is 3.31. The van der Waals surface area contributed by atoms with Crippen LogP contribution in [0.15, 0.2) is 0 Å². The second-order valence-electron chi connectivity index (χ2n) is 4.12. The summed E-state index contributed by atoms with van der Waals surface area (Å²) < 4.78 is 41.7. The molecule has 0 aromatic carbocycles. The minimum atomic E-state index is -4.08. The lowest BCUT2D eigenvalue weighted by Gasteiger charge is -2.46. The number of rotatable bonds is 5. The number of halogens is 3. The highest BCUT2D eigenvalue weighted by atomic mass is 19.4. The Morgan fingerprint density at radius 1 is 1.40 bits per heavy atom. The largest absolute Gasteiger partial charge is 0.389 e. The Kier molecular flexibility index (Phi) is 4.00. The van der Waals surface area contributed by atoms with Gasteiger partial charge in [-0.2, -0.15) is 13.2 Å². The minimum absolute atomic E-state index is 0.0911. The number of methoxy groups -OCH3 is 1. The standard InChI is InChI=1S/C10H18F3NO/c1-14-8(4-7-10(11,12)13)9(15-2)5-3-6-9/h8,14H,3-7H2,1-2H3. The summed E-state index contributed by atoms with van der Waals surface area (Å²) in [6.07, 6.45) is -1.98. The van der Waals surface area contributed by atoms with Crippen LogP contribution in [0.2, 0.25) is 0 Å². The summed E-state index contributed by atoms with van der Waals surface area (Å²) in [7, 11) is 3.28. The molecule has 1 aliphatic carbocycles. The van der Waals surface area contributed by atoms with E-state index in [2.05, 4.69) is 5.32 Å². The number of hydrogen-bond donors (Lipinski definition) is 1. The summed E-state index contributed by atoms with van der Waals surface area (Å²) in [5.74, 6) is 0. The van der Waals surface area contributed by atoms with Crippen molar-refractivity contribution < 1.29 is 17.9 Å². The minimum Gasteiger partial charge on any atom is -0.377 e. The van der Waals surface area contributed by atoms with Crippen LogP contribution >= 0.6 is 0 Å². The van der Waals surface area contributed by atoms with Crippen molar-refractivity contribution in [2.24, 2.45) is 0 Å². The first-order chi connectivity index (χ1) is 6.93. The number of likely N-dealkylation sites (N-methyl/N-ethyl adjacent to an activating group) is 1. The van der Waals surface area contributed by atoms with Gasteiger partial charge in [-0.15, -0.1) is 0 Å². The van der Waals surface area contributed by atoms with E-state index in [1.807, 2.05) is 0 Å². The highest BCUT2D eigenvalue weighted by molar-refractivity contribution is 4.99. The second-order valence-corrected chi connectivity index (χ2v) is 4.12. The molecule has 1 atom stereocenters. The van der Waals surface area contributed by atoms with Crippen LogP contribution in [0.3, 0.4) is 0 Å². The fourth-order valence-corrected chi connectivity index (χ4v) is 2.20. The average molecular weight is 225 g/mol. The maximum atomic E-state index is 12.1. The molecule has 0 aliphatic heterocycles. The Balaban J connectivity index is 2.48. The van der Waals surface area contributed by atoms with Crippen molar-refractivity contribution in [1.82, 2.24) is 5.32 Å². The zero-order valence-corrected chi connectivity index (χ0v) is 9.16. The molecule has 15 heavy (non-hydrogen) atoms. The number of nitrogens with one attached hydrogen (secondary N) is 1. The van der Waals surface area contributed by atoms with Crippen molar-refractivity contribution in [1.29, 1.82) is 0 Å². The van der Waals surface area contributed by atoms with Gasteiger partial charge in [0.05, 0.1) is 5.60 Å². The highest BCUT2D eigenvalue weighted by Gasteiger charge is 2.44.